The molecule has 0 aliphatic rings. The van der Waals surface area contributed by atoms with Gasteiger partial charge >= 0.3 is 6.10 Å². The lowest BCUT2D eigenvalue weighted by atomic mass is 10.7. The summed E-state index contributed by atoms with van der Waals surface area (Å²) < 4.78 is 0. The number of aliphatic hydroxyl groups is 3. The SMILES string of the molecule is O=CCNC(O)(O)O. The van der Waals surface area contributed by atoms with Crippen molar-refractivity contribution in [1.82, 2.24) is 5.32 Å². The molecule has 0 fully saturated rings. The van der Waals surface area contributed by atoms with Crippen LogP contribution in [-0.4, -0.2) is 34.2 Å². The third-order valence-electron chi connectivity index (χ3n) is 0.423. The smallest absolute Gasteiger partial charge is 0.330 e. The van der Waals surface area contributed by atoms with Crippen molar-refractivity contribution in [2.75, 3.05) is 6.54 Å². The third kappa shape index (κ3) is 5.51. The van der Waals surface area contributed by atoms with Crippen LogP contribution in [0.2, 0.25) is 0 Å². The van der Waals surface area contributed by atoms with Crippen molar-refractivity contribution in [3.8, 4) is 0 Å². The topological polar surface area (TPSA) is 89.8 Å². The lowest BCUT2D eigenvalue weighted by Gasteiger charge is -2.11. The molecule has 0 spiro atoms. The standard InChI is InChI=1S/C3H7NO4/c5-2-1-4-3(6,7)8/h2,4,6-8H,1H2. The Hall–Kier alpha value is -0.490. The molecule has 0 unspecified atom stereocenters. The van der Waals surface area contributed by atoms with Crippen LogP contribution in [0.3, 0.4) is 0 Å². The molecule has 0 atom stereocenters. The van der Waals surface area contributed by atoms with E-state index in [4.69, 9.17) is 15.3 Å². The second-order valence-electron chi connectivity index (χ2n) is 1.18. The van der Waals surface area contributed by atoms with Gasteiger partial charge in [0, 0.05) is 0 Å². The zero-order valence-corrected chi connectivity index (χ0v) is 4.03. The Bertz CT molecular complexity index is 75.8. The van der Waals surface area contributed by atoms with Crippen molar-refractivity contribution in [1.29, 1.82) is 0 Å². The predicted molar refractivity (Wildman–Crippen MR) is 23.5 cm³/mol. The minimum atomic E-state index is -2.93. The van der Waals surface area contributed by atoms with Gasteiger partial charge in [-0.2, -0.15) is 0 Å². The first kappa shape index (κ1) is 7.51. The summed E-state index contributed by atoms with van der Waals surface area (Å²) in [7, 11) is 0. The molecular weight excluding hydrogens is 114 g/mol. The molecule has 0 aromatic carbocycles. The predicted octanol–water partition coefficient (Wildman–Crippen LogP) is -2.64. The monoisotopic (exact) mass is 121 g/mol. The highest BCUT2D eigenvalue weighted by Crippen LogP contribution is 1.79. The van der Waals surface area contributed by atoms with E-state index >= 15 is 0 Å². The highest BCUT2D eigenvalue weighted by atomic mass is 16.7. The van der Waals surface area contributed by atoms with Gasteiger partial charge in [-0.25, -0.2) is 5.32 Å². The van der Waals surface area contributed by atoms with Crippen molar-refractivity contribution < 1.29 is 20.1 Å². The van der Waals surface area contributed by atoms with Crippen molar-refractivity contribution in [3.63, 3.8) is 0 Å². The van der Waals surface area contributed by atoms with Gasteiger partial charge in [0.2, 0.25) is 0 Å². The average Bonchev–Trinajstić information content (AvgIpc) is 1.59. The molecule has 0 amide bonds. The van der Waals surface area contributed by atoms with Crippen molar-refractivity contribution in [2.24, 2.45) is 0 Å². The fourth-order valence-corrected chi connectivity index (χ4v) is 0.179. The van der Waals surface area contributed by atoms with Gasteiger partial charge in [-0.05, 0) is 0 Å². The second kappa shape index (κ2) is 2.73. The van der Waals surface area contributed by atoms with E-state index < -0.39 is 6.10 Å². The summed E-state index contributed by atoms with van der Waals surface area (Å²) in [6.07, 6.45) is -2.54. The van der Waals surface area contributed by atoms with E-state index in [9.17, 15) is 4.79 Å². The minimum absolute atomic E-state index is 0.302. The van der Waals surface area contributed by atoms with Crippen LogP contribution in [0.4, 0.5) is 0 Å². The summed E-state index contributed by atoms with van der Waals surface area (Å²) >= 11 is 0. The Morgan fingerprint density at radius 1 is 1.50 bits per heavy atom. The number of carbonyl (C=O) groups is 1. The zero-order chi connectivity index (χ0) is 6.62. The van der Waals surface area contributed by atoms with Gasteiger partial charge in [-0.3, -0.25) is 0 Å². The molecule has 0 aliphatic heterocycles. The lowest BCUT2D eigenvalue weighted by Crippen LogP contribution is -2.45. The molecule has 0 rings (SSSR count). The van der Waals surface area contributed by atoms with Crippen molar-refractivity contribution >= 4 is 6.29 Å². The van der Waals surface area contributed by atoms with Gasteiger partial charge in [0.05, 0.1) is 6.54 Å². The highest BCUT2D eigenvalue weighted by molar-refractivity contribution is 5.51. The zero-order valence-electron chi connectivity index (χ0n) is 4.03. The highest BCUT2D eigenvalue weighted by Gasteiger charge is 2.14. The van der Waals surface area contributed by atoms with Crippen molar-refractivity contribution in [3.05, 3.63) is 0 Å². The Labute approximate surface area is 45.6 Å². The molecule has 4 N–H and O–H groups in total. The molecule has 0 heterocycles. The van der Waals surface area contributed by atoms with E-state index in [0.717, 1.165) is 0 Å². The van der Waals surface area contributed by atoms with Gasteiger partial charge in [0.15, 0.2) is 0 Å². The Balaban J connectivity index is 3.24. The van der Waals surface area contributed by atoms with Crippen LogP contribution in [0.1, 0.15) is 0 Å². The maximum absolute atomic E-state index is 9.46. The number of hydrogen-bond acceptors (Lipinski definition) is 5. The molecule has 8 heavy (non-hydrogen) atoms. The molecule has 0 bridgehead atoms. The van der Waals surface area contributed by atoms with Crippen LogP contribution >= 0.6 is 0 Å². The van der Waals surface area contributed by atoms with E-state index in [-0.39, 0.29) is 6.54 Å². The van der Waals surface area contributed by atoms with Gasteiger partial charge in [0.25, 0.3) is 0 Å². The quantitative estimate of drug-likeness (QED) is 0.242. The second-order valence-corrected chi connectivity index (χ2v) is 1.18. The van der Waals surface area contributed by atoms with E-state index in [0.29, 0.717) is 6.29 Å². The van der Waals surface area contributed by atoms with Gasteiger partial charge in [0.1, 0.15) is 6.29 Å². The van der Waals surface area contributed by atoms with Crippen molar-refractivity contribution in [2.45, 2.75) is 6.10 Å². The van der Waals surface area contributed by atoms with Gasteiger partial charge in [-0.15, -0.1) is 0 Å². The summed E-state index contributed by atoms with van der Waals surface area (Å²) in [5.41, 5.74) is 0. The van der Waals surface area contributed by atoms with Crippen LogP contribution in [0.15, 0.2) is 0 Å². The number of carbonyl (C=O) groups excluding carboxylic acids is 1. The summed E-state index contributed by atoms with van der Waals surface area (Å²) in [5.74, 6) is 0. The summed E-state index contributed by atoms with van der Waals surface area (Å²) in [6.45, 7) is -0.302. The molecule has 0 aromatic heterocycles. The fraction of sp³-hybridized carbons (Fsp3) is 0.667. The van der Waals surface area contributed by atoms with E-state index in [1.54, 1.807) is 5.32 Å². The number of aldehydes is 1. The normalized spacial score (nSPS) is 11.4. The van der Waals surface area contributed by atoms with E-state index in [2.05, 4.69) is 0 Å². The summed E-state index contributed by atoms with van der Waals surface area (Å²) in [5, 5.41) is 25.6. The first-order valence-electron chi connectivity index (χ1n) is 1.92. The van der Waals surface area contributed by atoms with Crippen LogP contribution in [0.25, 0.3) is 0 Å². The molecule has 0 radical (unpaired) electrons. The Morgan fingerprint density at radius 2 is 2.00 bits per heavy atom. The Kier molecular flexibility index (Phi) is 2.56. The molecule has 48 valence electrons. The van der Waals surface area contributed by atoms with Gasteiger partial charge < -0.3 is 20.1 Å². The van der Waals surface area contributed by atoms with Crippen LogP contribution in [0.5, 0.6) is 0 Å². The minimum Gasteiger partial charge on any atom is -0.330 e. The molecule has 0 saturated carbocycles. The summed E-state index contributed by atoms with van der Waals surface area (Å²) in [6, 6.07) is 0. The van der Waals surface area contributed by atoms with E-state index in [1.807, 2.05) is 0 Å². The largest absolute Gasteiger partial charge is 0.343 e. The molecule has 5 nitrogen and oxygen atoms in total. The first-order chi connectivity index (χ1) is 3.56. The summed E-state index contributed by atoms with van der Waals surface area (Å²) in [4.78, 5) is 9.46. The van der Waals surface area contributed by atoms with Crippen LogP contribution in [-0.2, 0) is 4.79 Å². The maximum Gasteiger partial charge on any atom is 0.343 e. The maximum atomic E-state index is 9.46. The number of hydrogen-bond donors (Lipinski definition) is 4. The molecule has 0 saturated heterocycles. The fourth-order valence-electron chi connectivity index (χ4n) is 0.179. The first-order valence-corrected chi connectivity index (χ1v) is 1.92. The molecular formula is C3H7NO4. The number of rotatable bonds is 3. The van der Waals surface area contributed by atoms with E-state index in [1.165, 1.54) is 0 Å². The average molecular weight is 121 g/mol. The number of nitrogens with one attached hydrogen (secondary N) is 1. The molecule has 0 aliphatic carbocycles. The Morgan fingerprint density at radius 3 is 2.12 bits per heavy atom. The molecule has 0 aromatic rings. The molecule has 5 heteroatoms. The third-order valence-corrected chi connectivity index (χ3v) is 0.423. The van der Waals surface area contributed by atoms with Crippen LogP contribution in [0, 0.1) is 0 Å². The van der Waals surface area contributed by atoms with Gasteiger partial charge in [-0.1, -0.05) is 0 Å². The lowest BCUT2D eigenvalue weighted by molar-refractivity contribution is -0.330. The van der Waals surface area contributed by atoms with Crippen LogP contribution < -0.4 is 5.32 Å².